The van der Waals surface area contributed by atoms with Crippen molar-refractivity contribution in [3.8, 4) is 23.7 Å². The van der Waals surface area contributed by atoms with Crippen LogP contribution in [0.1, 0.15) is 30.9 Å². The highest BCUT2D eigenvalue weighted by Crippen LogP contribution is 2.31. The molecule has 0 unspecified atom stereocenters. The highest BCUT2D eigenvalue weighted by atomic mass is 35.5. The number of aromatic nitrogens is 1. The van der Waals surface area contributed by atoms with Crippen LogP contribution in [-0.2, 0) is 6.54 Å². The highest BCUT2D eigenvalue weighted by Gasteiger charge is 2.11. The second-order valence-electron chi connectivity index (χ2n) is 6.09. The Kier molecular flexibility index (Phi) is 6.67. The molecule has 2 aromatic carbocycles. The Morgan fingerprint density at radius 3 is 1.81 bits per heavy atom. The molecule has 0 amide bonds. The van der Waals surface area contributed by atoms with Crippen LogP contribution in [0.15, 0.2) is 59.6 Å². The topological polar surface area (TPSA) is 4.93 Å². The van der Waals surface area contributed by atoms with E-state index in [1.54, 1.807) is 12.2 Å². The third kappa shape index (κ3) is 4.40. The van der Waals surface area contributed by atoms with Crippen molar-refractivity contribution in [3.05, 3.63) is 70.7 Å². The summed E-state index contributed by atoms with van der Waals surface area (Å²) in [5.41, 5.74) is 7.22. The van der Waals surface area contributed by atoms with E-state index in [-0.39, 0.29) is 0 Å². The Balaban J connectivity index is 2.21. The molecule has 0 radical (unpaired) electrons. The minimum Gasteiger partial charge on any atom is -0.340 e. The maximum absolute atomic E-state index is 5.55. The minimum absolute atomic E-state index is 0.966. The van der Waals surface area contributed by atoms with E-state index in [2.05, 4.69) is 71.6 Å². The number of fused-ring (bicyclic) bond motifs is 3. The molecule has 0 aliphatic carbocycles. The summed E-state index contributed by atoms with van der Waals surface area (Å²) in [5, 5.41) is 2.39. The number of nitrogens with zero attached hydrogens (tertiary/aromatic N) is 1. The van der Waals surface area contributed by atoms with Gasteiger partial charge in [0.1, 0.15) is 0 Å². The molecule has 1 aromatic heterocycles. The summed E-state index contributed by atoms with van der Waals surface area (Å²) in [6, 6.07) is 12.7. The zero-order valence-electron chi connectivity index (χ0n) is 15.1. The fourth-order valence-corrected chi connectivity index (χ4v) is 3.26. The van der Waals surface area contributed by atoms with Crippen LogP contribution in [0.3, 0.4) is 0 Å². The lowest BCUT2D eigenvalue weighted by Gasteiger charge is -2.06. The Morgan fingerprint density at radius 1 is 0.852 bits per heavy atom. The first-order chi connectivity index (χ1) is 13.3. The largest absolute Gasteiger partial charge is 0.340 e. The number of benzene rings is 2. The number of unbranched alkanes of at least 4 members (excludes halogenated alkanes) is 1. The van der Waals surface area contributed by atoms with Gasteiger partial charge in [-0.15, -0.1) is 0 Å². The summed E-state index contributed by atoms with van der Waals surface area (Å²) in [6.45, 7) is 3.21. The Hall–Kier alpha value is -2.58. The highest BCUT2D eigenvalue weighted by molar-refractivity contribution is 6.25. The predicted molar refractivity (Wildman–Crippen MR) is 118 cm³/mol. The maximum Gasteiger partial charge on any atom is 0.0492 e. The van der Waals surface area contributed by atoms with Gasteiger partial charge >= 0.3 is 0 Å². The summed E-state index contributed by atoms with van der Waals surface area (Å²) >= 11 is 11.1. The average molecular weight is 392 g/mol. The molecule has 0 aliphatic heterocycles. The molecular formula is C24H19Cl2N. The molecule has 0 aliphatic rings. The molecule has 0 saturated carbocycles. The third-order valence-corrected chi connectivity index (χ3v) is 4.58. The minimum atomic E-state index is 0.966. The monoisotopic (exact) mass is 391 g/mol. The van der Waals surface area contributed by atoms with Crippen LogP contribution in [0, 0.1) is 23.7 Å². The first-order valence-corrected chi connectivity index (χ1v) is 9.75. The van der Waals surface area contributed by atoms with E-state index in [0.717, 1.165) is 30.5 Å². The Morgan fingerprint density at radius 2 is 1.37 bits per heavy atom. The van der Waals surface area contributed by atoms with Gasteiger partial charge in [0.2, 0.25) is 0 Å². The third-order valence-electron chi connectivity index (χ3n) is 4.33. The molecule has 3 rings (SSSR count). The van der Waals surface area contributed by atoms with Crippen LogP contribution in [0.4, 0.5) is 0 Å². The molecule has 0 atom stereocenters. The molecule has 0 N–H and O–H groups in total. The van der Waals surface area contributed by atoms with Crippen LogP contribution in [0.5, 0.6) is 0 Å². The van der Waals surface area contributed by atoms with Gasteiger partial charge in [0.05, 0.1) is 0 Å². The van der Waals surface area contributed by atoms with Crippen LogP contribution >= 0.6 is 23.2 Å². The van der Waals surface area contributed by atoms with E-state index in [9.17, 15) is 0 Å². The Labute approximate surface area is 170 Å². The van der Waals surface area contributed by atoms with Gasteiger partial charge in [0.25, 0.3) is 0 Å². The van der Waals surface area contributed by atoms with Crippen molar-refractivity contribution in [3.63, 3.8) is 0 Å². The molecule has 3 aromatic rings. The second-order valence-corrected chi connectivity index (χ2v) is 6.60. The number of hydrogen-bond donors (Lipinski definition) is 0. The summed E-state index contributed by atoms with van der Waals surface area (Å²) in [5.74, 6) is 12.1. The van der Waals surface area contributed by atoms with Crippen molar-refractivity contribution in [2.45, 2.75) is 26.3 Å². The molecule has 3 heteroatoms. The van der Waals surface area contributed by atoms with Gasteiger partial charge in [0, 0.05) is 50.5 Å². The van der Waals surface area contributed by atoms with Crippen molar-refractivity contribution in [1.29, 1.82) is 0 Å². The molecule has 0 spiro atoms. The number of rotatable bonds is 3. The number of hydrogen-bond acceptors (Lipinski definition) is 0. The quantitative estimate of drug-likeness (QED) is 0.432. The molecule has 1 nitrogen and oxygen atoms in total. The van der Waals surface area contributed by atoms with Crippen LogP contribution in [-0.4, -0.2) is 4.57 Å². The van der Waals surface area contributed by atoms with Gasteiger partial charge < -0.3 is 4.57 Å². The zero-order valence-corrected chi connectivity index (χ0v) is 16.6. The van der Waals surface area contributed by atoms with Crippen LogP contribution in [0.25, 0.3) is 21.8 Å². The van der Waals surface area contributed by atoms with Crippen LogP contribution < -0.4 is 0 Å². The first-order valence-electron chi connectivity index (χ1n) is 8.88. The summed E-state index contributed by atoms with van der Waals surface area (Å²) in [6.07, 6.45) is 5.57. The van der Waals surface area contributed by atoms with Crippen molar-refractivity contribution < 1.29 is 0 Å². The average Bonchev–Trinajstić information content (AvgIpc) is 2.99. The summed E-state index contributed by atoms with van der Waals surface area (Å²) in [7, 11) is 0. The van der Waals surface area contributed by atoms with Gasteiger partial charge in [-0.2, -0.15) is 0 Å². The standard InChI is InChI=1S/C24H19Cl2N/c1-2-3-16-27-23-12-10-19(8-4-6-14-25)17-21(23)22-18-20(9-5-7-15-26)11-13-24(22)27/h6-7,10-15,17-18H,2-3,16H2,1H3. The van der Waals surface area contributed by atoms with E-state index in [1.165, 1.54) is 32.9 Å². The molecular weight excluding hydrogens is 373 g/mol. The number of aryl methyl sites for hydroxylation is 1. The van der Waals surface area contributed by atoms with Crippen molar-refractivity contribution >= 4 is 45.0 Å². The van der Waals surface area contributed by atoms with Gasteiger partial charge in [-0.3, -0.25) is 0 Å². The molecule has 0 saturated heterocycles. The normalized spacial score (nSPS) is 11.1. The van der Waals surface area contributed by atoms with Crippen molar-refractivity contribution in [2.24, 2.45) is 0 Å². The lowest BCUT2D eigenvalue weighted by molar-refractivity contribution is 0.665. The van der Waals surface area contributed by atoms with E-state index in [1.807, 2.05) is 0 Å². The summed E-state index contributed by atoms with van der Waals surface area (Å²) < 4.78 is 2.39. The predicted octanol–water partition coefficient (Wildman–Crippen LogP) is 6.80. The van der Waals surface area contributed by atoms with E-state index in [0.29, 0.717) is 0 Å². The van der Waals surface area contributed by atoms with Crippen molar-refractivity contribution in [1.82, 2.24) is 4.57 Å². The van der Waals surface area contributed by atoms with Gasteiger partial charge in [-0.25, -0.2) is 0 Å². The SMILES string of the molecule is CCCCn1c2ccc(C#CC=CCl)cc2c2cc(C#CC=CCl)ccc21. The fourth-order valence-electron chi connectivity index (χ4n) is 3.13. The fraction of sp³-hybridized carbons (Fsp3) is 0.167. The second kappa shape index (κ2) is 9.38. The van der Waals surface area contributed by atoms with E-state index in [4.69, 9.17) is 23.2 Å². The number of allylic oxidation sites excluding steroid dienone is 2. The van der Waals surface area contributed by atoms with E-state index < -0.39 is 0 Å². The van der Waals surface area contributed by atoms with Gasteiger partial charge in [-0.1, -0.05) is 60.2 Å². The smallest absolute Gasteiger partial charge is 0.0492 e. The molecule has 1 heterocycles. The van der Waals surface area contributed by atoms with Crippen molar-refractivity contribution in [2.75, 3.05) is 0 Å². The van der Waals surface area contributed by atoms with E-state index >= 15 is 0 Å². The maximum atomic E-state index is 5.55. The molecule has 0 fully saturated rings. The number of halogens is 2. The zero-order chi connectivity index (χ0) is 19.1. The molecule has 0 bridgehead atoms. The first kappa shape index (κ1) is 19.2. The van der Waals surface area contributed by atoms with Gasteiger partial charge in [-0.05, 0) is 55.0 Å². The lowest BCUT2D eigenvalue weighted by Crippen LogP contribution is -1.97. The lowest BCUT2D eigenvalue weighted by atomic mass is 10.1. The van der Waals surface area contributed by atoms with Crippen LogP contribution in [0.2, 0.25) is 0 Å². The summed E-state index contributed by atoms with van der Waals surface area (Å²) in [4.78, 5) is 0. The Bertz CT molecular complexity index is 1050. The molecule has 27 heavy (non-hydrogen) atoms. The molecule has 134 valence electrons. The van der Waals surface area contributed by atoms with Gasteiger partial charge in [0.15, 0.2) is 0 Å².